The van der Waals surface area contributed by atoms with Crippen molar-refractivity contribution < 1.29 is 15.0 Å². The molecule has 1 saturated carbocycles. The molecule has 1 amide bonds. The first-order valence-corrected chi connectivity index (χ1v) is 7.26. The molecule has 1 heterocycles. The molecule has 1 aliphatic heterocycles. The summed E-state index contributed by atoms with van der Waals surface area (Å²) in [5.41, 5.74) is -0.809. The van der Waals surface area contributed by atoms with Crippen molar-refractivity contribution in [1.82, 2.24) is 9.80 Å². The Morgan fingerprint density at radius 2 is 1.89 bits per heavy atom. The second-order valence-electron chi connectivity index (χ2n) is 6.36. The number of aliphatic hydroxyl groups excluding tert-OH is 1. The third-order valence-corrected chi connectivity index (χ3v) is 4.54. The number of likely N-dealkylation sites (N-methyl/N-ethyl adjacent to an activating group) is 1. The van der Waals surface area contributed by atoms with Gasteiger partial charge in [0.2, 0.25) is 5.91 Å². The van der Waals surface area contributed by atoms with Gasteiger partial charge < -0.3 is 20.0 Å². The van der Waals surface area contributed by atoms with Crippen molar-refractivity contribution in [3.63, 3.8) is 0 Å². The summed E-state index contributed by atoms with van der Waals surface area (Å²) in [7, 11) is 3.83. The number of amides is 1. The maximum Gasteiger partial charge on any atom is 0.225 e. The molecule has 0 bridgehead atoms. The lowest BCUT2D eigenvalue weighted by molar-refractivity contribution is -0.137. The zero-order valence-electron chi connectivity index (χ0n) is 12.0. The van der Waals surface area contributed by atoms with E-state index < -0.39 is 11.7 Å². The van der Waals surface area contributed by atoms with Crippen LogP contribution in [-0.2, 0) is 4.79 Å². The molecular weight excluding hydrogens is 244 g/mol. The molecule has 5 nitrogen and oxygen atoms in total. The highest BCUT2D eigenvalue weighted by Gasteiger charge is 2.39. The molecule has 110 valence electrons. The van der Waals surface area contributed by atoms with Gasteiger partial charge in [-0.1, -0.05) is 19.3 Å². The average Bonchev–Trinajstić information content (AvgIpc) is 2.72. The van der Waals surface area contributed by atoms with Crippen LogP contribution in [0, 0.1) is 0 Å². The van der Waals surface area contributed by atoms with Gasteiger partial charge in [0.05, 0.1) is 24.2 Å². The van der Waals surface area contributed by atoms with E-state index in [0.29, 0.717) is 13.1 Å². The quantitative estimate of drug-likeness (QED) is 0.769. The van der Waals surface area contributed by atoms with Crippen LogP contribution in [0.25, 0.3) is 0 Å². The fourth-order valence-electron chi connectivity index (χ4n) is 3.26. The molecule has 1 saturated heterocycles. The van der Waals surface area contributed by atoms with Gasteiger partial charge >= 0.3 is 0 Å². The number of likely N-dealkylation sites (tertiary alicyclic amines) is 1. The smallest absolute Gasteiger partial charge is 0.225 e. The first kappa shape index (κ1) is 14.8. The lowest BCUT2D eigenvalue weighted by Gasteiger charge is -2.33. The molecule has 2 N–H and O–H groups in total. The van der Waals surface area contributed by atoms with Crippen LogP contribution < -0.4 is 0 Å². The second-order valence-corrected chi connectivity index (χ2v) is 6.36. The van der Waals surface area contributed by atoms with Gasteiger partial charge in [-0.05, 0) is 26.9 Å². The van der Waals surface area contributed by atoms with E-state index in [1.807, 2.05) is 19.0 Å². The number of hydrogen-bond acceptors (Lipinski definition) is 4. The Morgan fingerprint density at radius 1 is 1.26 bits per heavy atom. The standard InChI is InChI=1S/C14H26N2O3/c1-15(2)11-9-16(10-12(11)17)13(18)8-14(19)6-4-3-5-7-14/h11-12,17,19H,3-10H2,1-2H3/t11-,12-/m1/s1. The van der Waals surface area contributed by atoms with Crippen molar-refractivity contribution in [3.8, 4) is 0 Å². The predicted molar refractivity (Wildman–Crippen MR) is 72.7 cm³/mol. The maximum absolute atomic E-state index is 12.3. The Hall–Kier alpha value is -0.650. The van der Waals surface area contributed by atoms with Crippen molar-refractivity contribution in [2.24, 2.45) is 0 Å². The van der Waals surface area contributed by atoms with Crippen LogP contribution in [0.5, 0.6) is 0 Å². The number of β-amino-alcohol motifs (C(OH)–C–C–N with tert-alkyl or cyclic N) is 1. The molecule has 2 rings (SSSR count). The van der Waals surface area contributed by atoms with Gasteiger partial charge in [0.15, 0.2) is 0 Å². The molecule has 2 aliphatic rings. The van der Waals surface area contributed by atoms with Crippen LogP contribution in [0.1, 0.15) is 38.5 Å². The molecule has 0 aromatic heterocycles. The number of rotatable bonds is 3. The summed E-state index contributed by atoms with van der Waals surface area (Å²) in [6, 6.07) is 0.00458. The number of nitrogens with zero attached hydrogens (tertiary/aromatic N) is 2. The second kappa shape index (κ2) is 5.77. The van der Waals surface area contributed by atoms with E-state index >= 15 is 0 Å². The Labute approximate surface area is 115 Å². The van der Waals surface area contributed by atoms with Gasteiger partial charge in [0.1, 0.15) is 0 Å². The van der Waals surface area contributed by atoms with Crippen LogP contribution in [-0.4, -0.2) is 70.9 Å². The van der Waals surface area contributed by atoms with Gasteiger partial charge in [-0.2, -0.15) is 0 Å². The highest BCUT2D eigenvalue weighted by atomic mass is 16.3. The molecule has 1 aliphatic carbocycles. The van der Waals surface area contributed by atoms with E-state index in [1.165, 1.54) is 0 Å². The summed E-state index contributed by atoms with van der Waals surface area (Å²) >= 11 is 0. The van der Waals surface area contributed by atoms with Crippen LogP contribution in [0.3, 0.4) is 0 Å². The van der Waals surface area contributed by atoms with Crippen molar-refractivity contribution >= 4 is 5.91 Å². The number of carbonyl (C=O) groups is 1. The van der Waals surface area contributed by atoms with Gasteiger partial charge in [-0.3, -0.25) is 4.79 Å². The van der Waals surface area contributed by atoms with Crippen LogP contribution in [0.2, 0.25) is 0 Å². The molecule has 0 aromatic rings. The molecule has 0 spiro atoms. The summed E-state index contributed by atoms with van der Waals surface area (Å²) in [5, 5.41) is 20.4. The SMILES string of the molecule is CN(C)[C@@H]1CN(C(=O)CC2(O)CCCCC2)C[C@H]1O. The highest BCUT2D eigenvalue weighted by Crippen LogP contribution is 2.31. The zero-order chi connectivity index (χ0) is 14.0. The first-order chi connectivity index (χ1) is 8.91. The molecule has 0 unspecified atom stereocenters. The third-order valence-electron chi connectivity index (χ3n) is 4.54. The number of aliphatic hydroxyl groups is 2. The Kier molecular flexibility index (Phi) is 4.48. The monoisotopic (exact) mass is 270 g/mol. The molecule has 5 heteroatoms. The van der Waals surface area contributed by atoms with E-state index in [1.54, 1.807) is 4.90 Å². The number of carbonyl (C=O) groups excluding carboxylic acids is 1. The lowest BCUT2D eigenvalue weighted by atomic mass is 9.82. The minimum Gasteiger partial charge on any atom is -0.390 e. The molecule has 19 heavy (non-hydrogen) atoms. The largest absolute Gasteiger partial charge is 0.390 e. The maximum atomic E-state index is 12.3. The van der Waals surface area contributed by atoms with Crippen molar-refractivity contribution in [1.29, 1.82) is 0 Å². The van der Waals surface area contributed by atoms with Gasteiger partial charge in [0, 0.05) is 13.1 Å². The van der Waals surface area contributed by atoms with Crippen molar-refractivity contribution in [2.45, 2.75) is 56.3 Å². The minimum absolute atomic E-state index is 0.00458. The summed E-state index contributed by atoms with van der Waals surface area (Å²) < 4.78 is 0. The topological polar surface area (TPSA) is 64.0 Å². The lowest BCUT2D eigenvalue weighted by Crippen LogP contribution is -2.41. The summed E-state index contributed by atoms with van der Waals surface area (Å²) in [6.45, 7) is 0.945. The molecular formula is C14H26N2O3. The van der Waals surface area contributed by atoms with E-state index in [2.05, 4.69) is 0 Å². The summed E-state index contributed by atoms with van der Waals surface area (Å²) in [5.74, 6) is -0.0206. The molecule has 2 atom stereocenters. The highest BCUT2D eigenvalue weighted by molar-refractivity contribution is 5.77. The van der Waals surface area contributed by atoms with Crippen molar-refractivity contribution in [2.75, 3.05) is 27.2 Å². The normalized spacial score (nSPS) is 30.9. The molecule has 0 aromatic carbocycles. The fourth-order valence-corrected chi connectivity index (χ4v) is 3.26. The van der Waals surface area contributed by atoms with Crippen LogP contribution in [0.4, 0.5) is 0 Å². The number of hydrogen-bond donors (Lipinski definition) is 2. The Morgan fingerprint density at radius 3 is 2.42 bits per heavy atom. The molecule has 0 radical (unpaired) electrons. The summed E-state index contributed by atoms with van der Waals surface area (Å²) in [6.07, 6.45) is 4.35. The van der Waals surface area contributed by atoms with Crippen LogP contribution in [0.15, 0.2) is 0 Å². The zero-order valence-corrected chi connectivity index (χ0v) is 12.0. The van der Waals surface area contributed by atoms with E-state index in [4.69, 9.17) is 0 Å². The third kappa shape index (κ3) is 3.46. The minimum atomic E-state index is -0.809. The van der Waals surface area contributed by atoms with E-state index in [-0.39, 0.29) is 18.4 Å². The summed E-state index contributed by atoms with van der Waals surface area (Å²) in [4.78, 5) is 15.9. The fraction of sp³-hybridized carbons (Fsp3) is 0.929. The van der Waals surface area contributed by atoms with E-state index in [9.17, 15) is 15.0 Å². The Bertz CT molecular complexity index is 327. The molecule has 2 fully saturated rings. The Balaban J connectivity index is 1.90. The van der Waals surface area contributed by atoms with Gasteiger partial charge in [-0.25, -0.2) is 0 Å². The van der Waals surface area contributed by atoms with Crippen molar-refractivity contribution in [3.05, 3.63) is 0 Å². The first-order valence-electron chi connectivity index (χ1n) is 7.26. The van der Waals surface area contributed by atoms with Gasteiger partial charge in [0.25, 0.3) is 0 Å². The van der Waals surface area contributed by atoms with Crippen LogP contribution >= 0.6 is 0 Å². The average molecular weight is 270 g/mol. The van der Waals surface area contributed by atoms with Gasteiger partial charge in [-0.15, -0.1) is 0 Å². The predicted octanol–water partition coefficient (Wildman–Crippen LogP) is 0.205. The van der Waals surface area contributed by atoms with E-state index in [0.717, 1.165) is 32.1 Å².